The monoisotopic (exact) mass is 377 g/mol. The van der Waals surface area contributed by atoms with Gasteiger partial charge < -0.3 is 4.74 Å². The van der Waals surface area contributed by atoms with Crippen LogP contribution in [0.25, 0.3) is 0 Å². The summed E-state index contributed by atoms with van der Waals surface area (Å²) in [7, 11) is -0.749. The van der Waals surface area contributed by atoms with E-state index in [-0.39, 0.29) is 5.66 Å². The Kier molecular flexibility index (Phi) is 6.03. The van der Waals surface area contributed by atoms with Gasteiger partial charge in [0.1, 0.15) is 5.60 Å². The standard InChI is InChI=1S/C23H24NO2P/c1-23(2,3)26-22(25)24-20-16-10-11-17-21(20)27(18-12-6-4-7-13-18)19-14-8-5-9-15-19/h4-17,21H,1-3H3. The Morgan fingerprint density at radius 3 is 2.00 bits per heavy atom. The molecule has 138 valence electrons. The van der Waals surface area contributed by atoms with Gasteiger partial charge in [-0.3, -0.25) is 0 Å². The summed E-state index contributed by atoms with van der Waals surface area (Å²) in [6, 6.07) is 20.9. The maximum absolute atomic E-state index is 12.3. The van der Waals surface area contributed by atoms with Gasteiger partial charge >= 0.3 is 6.09 Å². The molecule has 1 aliphatic carbocycles. The lowest BCUT2D eigenvalue weighted by Crippen LogP contribution is -2.29. The Labute approximate surface area is 162 Å². The number of aliphatic imine (C=N–C) groups is 1. The van der Waals surface area contributed by atoms with Crippen LogP contribution in [-0.2, 0) is 4.74 Å². The zero-order valence-electron chi connectivity index (χ0n) is 15.9. The molecule has 0 heterocycles. The quantitative estimate of drug-likeness (QED) is 0.707. The fourth-order valence-corrected chi connectivity index (χ4v) is 5.49. The molecule has 3 rings (SSSR count). The average molecular weight is 377 g/mol. The highest BCUT2D eigenvalue weighted by Gasteiger charge is 2.28. The summed E-state index contributed by atoms with van der Waals surface area (Å²) < 4.78 is 5.40. The number of amides is 1. The number of carbonyl (C=O) groups excluding carboxylic acids is 1. The molecule has 0 radical (unpaired) electrons. The molecule has 0 spiro atoms. The Bertz CT molecular complexity index is 825. The number of hydrogen-bond acceptors (Lipinski definition) is 2. The van der Waals surface area contributed by atoms with Gasteiger partial charge in [0.15, 0.2) is 0 Å². The van der Waals surface area contributed by atoms with Crippen molar-refractivity contribution in [3.63, 3.8) is 0 Å². The summed E-state index contributed by atoms with van der Waals surface area (Å²) in [5, 5.41) is 2.50. The molecule has 0 aliphatic heterocycles. The highest BCUT2D eigenvalue weighted by molar-refractivity contribution is 7.74. The summed E-state index contributed by atoms with van der Waals surface area (Å²) in [5.74, 6) is 0. The maximum Gasteiger partial charge on any atom is 0.434 e. The van der Waals surface area contributed by atoms with Gasteiger partial charge in [0, 0.05) is 5.66 Å². The Balaban J connectivity index is 2.01. The predicted octanol–water partition coefficient (Wildman–Crippen LogP) is 4.99. The first-order valence-corrected chi connectivity index (χ1v) is 10.4. The molecule has 0 aromatic heterocycles. The van der Waals surface area contributed by atoms with Crippen molar-refractivity contribution in [2.45, 2.75) is 32.0 Å². The van der Waals surface area contributed by atoms with Crippen molar-refractivity contribution in [1.29, 1.82) is 0 Å². The van der Waals surface area contributed by atoms with Crippen molar-refractivity contribution in [2.24, 2.45) is 4.99 Å². The number of ether oxygens (including phenoxy) is 1. The third kappa shape index (κ3) is 5.24. The van der Waals surface area contributed by atoms with Crippen LogP contribution in [0.15, 0.2) is 90.0 Å². The smallest absolute Gasteiger partial charge is 0.434 e. The minimum absolute atomic E-state index is 0.0160. The zero-order valence-corrected chi connectivity index (χ0v) is 16.8. The van der Waals surface area contributed by atoms with Gasteiger partial charge in [-0.05, 0) is 45.4 Å². The molecule has 0 bridgehead atoms. The molecule has 4 heteroatoms. The third-order valence-electron chi connectivity index (χ3n) is 3.94. The van der Waals surface area contributed by atoms with E-state index in [2.05, 4.69) is 59.6 Å². The first-order valence-electron chi connectivity index (χ1n) is 9.00. The number of allylic oxidation sites excluding steroid dienone is 4. The van der Waals surface area contributed by atoms with Crippen LogP contribution in [0.1, 0.15) is 20.8 Å². The molecule has 0 fully saturated rings. The SMILES string of the molecule is CC(C)(C)OC(=O)N=C1C=CC=CC1P(c1ccccc1)c1ccccc1. The van der Waals surface area contributed by atoms with Gasteiger partial charge in [0.2, 0.25) is 0 Å². The first kappa shape index (κ1) is 19.3. The van der Waals surface area contributed by atoms with Crippen LogP contribution >= 0.6 is 7.92 Å². The summed E-state index contributed by atoms with van der Waals surface area (Å²) in [5.41, 5.74) is 0.196. The largest absolute Gasteiger partial charge is 0.442 e. The van der Waals surface area contributed by atoms with Gasteiger partial charge in [0.05, 0.1) is 5.71 Å². The van der Waals surface area contributed by atoms with Crippen LogP contribution in [0.3, 0.4) is 0 Å². The molecule has 1 atom stereocenters. The molecule has 0 saturated carbocycles. The number of hydrogen-bond donors (Lipinski definition) is 0. The Hall–Kier alpha value is -2.51. The summed E-state index contributed by atoms with van der Waals surface area (Å²) >= 11 is 0. The van der Waals surface area contributed by atoms with Crippen LogP contribution in [0, 0.1) is 0 Å². The van der Waals surface area contributed by atoms with Crippen LogP contribution in [0.5, 0.6) is 0 Å². The lowest BCUT2D eigenvalue weighted by molar-refractivity contribution is 0.0604. The summed E-state index contributed by atoms with van der Waals surface area (Å²) in [6.45, 7) is 5.54. The van der Waals surface area contributed by atoms with E-state index in [1.54, 1.807) is 0 Å². The zero-order chi connectivity index (χ0) is 19.3. The molecule has 0 saturated heterocycles. The highest BCUT2D eigenvalue weighted by atomic mass is 31.1. The van der Waals surface area contributed by atoms with Crippen molar-refractivity contribution in [3.8, 4) is 0 Å². The maximum atomic E-state index is 12.3. The lowest BCUT2D eigenvalue weighted by atomic mass is 10.1. The average Bonchev–Trinajstić information content (AvgIpc) is 2.64. The van der Waals surface area contributed by atoms with E-state index in [9.17, 15) is 4.79 Å². The normalized spacial score (nSPS) is 18.1. The second-order valence-electron chi connectivity index (χ2n) is 7.25. The second kappa shape index (κ2) is 8.45. The molecule has 1 unspecified atom stereocenters. The van der Waals surface area contributed by atoms with E-state index >= 15 is 0 Å². The van der Waals surface area contributed by atoms with Crippen LogP contribution in [0.4, 0.5) is 4.79 Å². The fraction of sp³-hybridized carbons (Fsp3) is 0.217. The molecule has 0 N–H and O–H groups in total. The Morgan fingerprint density at radius 2 is 1.48 bits per heavy atom. The minimum Gasteiger partial charge on any atom is -0.442 e. The van der Waals surface area contributed by atoms with Crippen molar-refractivity contribution >= 4 is 30.3 Å². The van der Waals surface area contributed by atoms with Crippen LogP contribution in [0.2, 0.25) is 0 Å². The van der Waals surface area contributed by atoms with E-state index in [0.29, 0.717) is 0 Å². The van der Waals surface area contributed by atoms with E-state index < -0.39 is 19.6 Å². The summed E-state index contributed by atoms with van der Waals surface area (Å²) in [6.07, 6.45) is 7.45. The van der Waals surface area contributed by atoms with Crippen molar-refractivity contribution < 1.29 is 9.53 Å². The molecule has 2 aromatic rings. The number of carbonyl (C=O) groups is 1. The minimum atomic E-state index is -0.749. The van der Waals surface area contributed by atoms with Crippen molar-refractivity contribution in [1.82, 2.24) is 0 Å². The van der Waals surface area contributed by atoms with Gasteiger partial charge in [-0.2, -0.15) is 4.99 Å². The van der Waals surface area contributed by atoms with E-state index in [1.165, 1.54) is 10.6 Å². The second-order valence-corrected chi connectivity index (χ2v) is 9.58. The number of nitrogens with zero attached hydrogens (tertiary/aromatic N) is 1. The third-order valence-corrected chi connectivity index (χ3v) is 6.64. The van der Waals surface area contributed by atoms with Gasteiger partial charge in [-0.15, -0.1) is 0 Å². The molecule has 2 aromatic carbocycles. The van der Waals surface area contributed by atoms with Gasteiger partial charge in [-0.25, -0.2) is 4.79 Å². The Morgan fingerprint density at radius 1 is 0.926 bits per heavy atom. The van der Waals surface area contributed by atoms with Crippen LogP contribution < -0.4 is 10.6 Å². The fourth-order valence-electron chi connectivity index (χ4n) is 2.88. The number of benzene rings is 2. The molecular weight excluding hydrogens is 353 g/mol. The highest BCUT2D eigenvalue weighted by Crippen LogP contribution is 2.42. The van der Waals surface area contributed by atoms with Gasteiger partial charge in [-0.1, -0.05) is 78.9 Å². The topological polar surface area (TPSA) is 38.7 Å². The van der Waals surface area contributed by atoms with Crippen molar-refractivity contribution in [2.75, 3.05) is 0 Å². The number of rotatable bonds is 3. The van der Waals surface area contributed by atoms with Crippen molar-refractivity contribution in [3.05, 3.63) is 85.0 Å². The van der Waals surface area contributed by atoms with E-state index in [0.717, 1.165) is 5.71 Å². The summed E-state index contributed by atoms with van der Waals surface area (Å²) in [4.78, 5) is 16.6. The van der Waals surface area contributed by atoms with E-state index in [4.69, 9.17) is 4.74 Å². The molecule has 1 aliphatic rings. The van der Waals surface area contributed by atoms with Gasteiger partial charge in [0.25, 0.3) is 0 Å². The predicted molar refractivity (Wildman–Crippen MR) is 115 cm³/mol. The van der Waals surface area contributed by atoms with Crippen LogP contribution in [-0.4, -0.2) is 23.1 Å². The molecule has 1 amide bonds. The molecular formula is C23H24NO2P. The lowest BCUT2D eigenvalue weighted by Gasteiger charge is -2.28. The first-order chi connectivity index (χ1) is 12.9. The molecule has 27 heavy (non-hydrogen) atoms. The molecule has 3 nitrogen and oxygen atoms in total. The van der Waals surface area contributed by atoms with E-state index in [1.807, 2.05) is 51.1 Å².